The number of benzene rings is 1. The van der Waals surface area contributed by atoms with Crippen LogP contribution >= 0.6 is 0 Å². The summed E-state index contributed by atoms with van der Waals surface area (Å²) >= 11 is 0. The highest BCUT2D eigenvalue weighted by atomic mass is 32.2. The van der Waals surface area contributed by atoms with E-state index in [0.29, 0.717) is 23.3 Å². The second-order valence-corrected chi connectivity index (χ2v) is 8.77. The summed E-state index contributed by atoms with van der Waals surface area (Å²) in [5.74, 6) is -1.13. The molecule has 8 nitrogen and oxygen atoms in total. The lowest BCUT2D eigenvalue weighted by Crippen LogP contribution is -2.38. The van der Waals surface area contributed by atoms with Gasteiger partial charge in [0.25, 0.3) is 5.91 Å². The van der Waals surface area contributed by atoms with Crippen LogP contribution in [-0.2, 0) is 19.4 Å². The molecule has 28 heavy (non-hydrogen) atoms. The van der Waals surface area contributed by atoms with Crippen molar-refractivity contribution < 1.29 is 32.0 Å². The van der Waals surface area contributed by atoms with E-state index in [1.54, 1.807) is 30.3 Å². The summed E-state index contributed by atoms with van der Waals surface area (Å²) in [5.41, 5.74) is 1.25. The summed E-state index contributed by atoms with van der Waals surface area (Å²) in [4.78, 5) is 35.2. The first-order valence-electron chi connectivity index (χ1n) is 8.61. The maximum atomic E-state index is 12.0. The topological polar surface area (TPSA) is 120 Å². The number of nitrogens with one attached hydrogen (secondary N) is 1. The lowest BCUT2D eigenvalue weighted by atomic mass is 10.1. The molecule has 0 aliphatic carbocycles. The van der Waals surface area contributed by atoms with Crippen LogP contribution < -0.4 is 5.32 Å². The van der Waals surface area contributed by atoms with Crippen molar-refractivity contribution in [1.82, 2.24) is 5.32 Å². The average Bonchev–Trinajstić information content (AvgIpc) is 3.26. The molecule has 0 unspecified atom stereocenters. The molecule has 0 radical (unpaired) electrons. The highest BCUT2D eigenvalue weighted by Gasteiger charge is 2.29. The third-order valence-electron chi connectivity index (χ3n) is 4.32. The SMILES string of the molecule is CC(=O)c1ccc(-c2ccc(C(=O)OCC(=O)N[C@H]3CCS(=O)(=O)C3)o2)cc1. The molecule has 0 bridgehead atoms. The van der Waals surface area contributed by atoms with Crippen molar-refractivity contribution in [3.8, 4) is 11.3 Å². The minimum Gasteiger partial charge on any atom is -0.450 e. The first-order chi connectivity index (χ1) is 13.2. The fraction of sp³-hybridized carbons (Fsp3) is 0.316. The van der Waals surface area contributed by atoms with Crippen LogP contribution in [0.5, 0.6) is 0 Å². The molecule has 2 aromatic rings. The van der Waals surface area contributed by atoms with Crippen molar-refractivity contribution in [2.24, 2.45) is 0 Å². The fourth-order valence-electron chi connectivity index (χ4n) is 2.85. The normalized spacial score (nSPS) is 17.8. The number of rotatable bonds is 6. The van der Waals surface area contributed by atoms with Crippen molar-refractivity contribution in [3.05, 3.63) is 47.7 Å². The second-order valence-electron chi connectivity index (χ2n) is 6.54. The number of carbonyl (C=O) groups excluding carboxylic acids is 3. The summed E-state index contributed by atoms with van der Waals surface area (Å²) in [5, 5.41) is 2.53. The lowest BCUT2D eigenvalue weighted by molar-refractivity contribution is -0.124. The van der Waals surface area contributed by atoms with Crippen LogP contribution in [0.2, 0.25) is 0 Å². The molecule has 1 aliphatic heterocycles. The van der Waals surface area contributed by atoms with Gasteiger partial charge in [0.05, 0.1) is 11.5 Å². The van der Waals surface area contributed by atoms with E-state index < -0.39 is 34.4 Å². The number of amides is 1. The van der Waals surface area contributed by atoms with Crippen molar-refractivity contribution in [1.29, 1.82) is 0 Å². The van der Waals surface area contributed by atoms with Gasteiger partial charge in [0, 0.05) is 17.2 Å². The van der Waals surface area contributed by atoms with Crippen LogP contribution in [0.4, 0.5) is 0 Å². The Morgan fingerprint density at radius 3 is 2.46 bits per heavy atom. The zero-order valence-corrected chi connectivity index (χ0v) is 16.0. The molecule has 1 fully saturated rings. The van der Waals surface area contributed by atoms with E-state index in [0.717, 1.165) is 0 Å². The molecule has 1 N–H and O–H groups in total. The van der Waals surface area contributed by atoms with Gasteiger partial charge < -0.3 is 14.5 Å². The van der Waals surface area contributed by atoms with Gasteiger partial charge in [-0.25, -0.2) is 13.2 Å². The first-order valence-corrected chi connectivity index (χ1v) is 10.4. The van der Waals surface area contributed by atoms with Crippen LogP contribution in [0.15, 0.2) is 40.8 Å². The van der Waals surface area contributed by atoms with Gasteiger partial charge in [-0.1, -0.05) is 24.3 Å². The van der Waals surface area contributed by atoms with Gasteiger partial charge in [-0.05, 0) is 25.5 Å². The number of hydrogen-bond donors (Lipinski definition) is 1. The fourth-order valence-corrected chi connectivity index (χ4v) is 4.53. The van der Waals surface area contributed by atoms with Gasteiger partial charge in [-0.3, -0.25) is 9.59 Å². The van der Waals surface area contributed by atoms with Gasteiger partial charge >= 0.3 is 5.97 Å². The molecule has 3 rings (SSSR count). The largest absolute Gasteiger partial charge is 0.450 e. The highest BCUT2D eigenvalue weighted by molar-refractivity contribution is 7.91. The Morgan fingerprint density at radius 1 is 1.14 bits per heavy atom. The molecule has 1 aromatic carbocycles. The number of sulfone groups is 1. The molecule has 1 saturated heterocycles. The summed E-state index contributed by atoms with van der Waals surface area (Å²) in [6.45, 7) is 0.941. The Balaban J connectivity index is 1.54. The average molecular weight is 405 g/mol. The Bertz CT molecular complexity index is 1010. The number of ketones is 1. The van der Waals surface area contributed by atoms with Crippen LogP contribution in [0, 0.1) is 0 Å². The van der Waals surface area contributed by atoms with Crippen molar-refractivity contribution in [2.75, 3.05) is 18.1 Å². The van der Waals surface area contributed by atoms with E-state index in [9.17, 15) is 22.8 Å². The van der Waals surface area contributed by atoms with Crippen molar-refractivity contribution in [3.63, 3.8) is 0 Å². The molecule has 0 spiro atoms. The summed E-state index contributed by atoms with van der Waals surface area (Å²) in [6.07, 6.45) is 0.353. The Hall–Kier alpha value is -2.94. The second kappa shape index (κ2) is 7.97. The van der Waals surface area contributed by atoms with E-state index in [4.69, 9.17) is 9.15 Å². The van der Waals surface area contributed by atoms with E-state index >= 15 is 0 Å². The van der Waals surface area contributed by atoms with Crippen LogP contribution in [0.1, 0.15) is 34.3 Å². The first kappa shape index (κ1) is 19.8. The van der Waals surface area contributed by atoms with E-state index in [1.807, 2.05) is 0 Å². The maximum absolute atomic E-state index is 12.0. The highest BCUT2D eigenvalue weighted by Crippen LogP contribution is 2.23. The number of ether oxygens (including phenoxy) is 1. The lowest BCUT2D eigenvalue weighted by Gasteiger charge is -2.10. The van der Waals surface area contributed by atoms with Crippen LogP contribution in [0.3, 0.4) is 0 Å². The van der Waals surface area contributed by atoms with E-state index in [2.05, 4.69) is 5.32 Å². The third kappa shape index (κ3) is 4.86. The molecule has 1 amide bonds. The number of furan rings is 1. The number of Topliss-reactive ketones (excluding diaryl/α,β-unsaturated/α-hetero) is 1. The van der Waals surface area contributed by atoms with E-state index in [-0.39, 0.29) is 23.0 Å². The zero-order chi connectivity index (χ0) is 20.3. The summed E-state index contributed by atoms with van der Waals surface area (Å²) in [6, 6.07) is 9.28. The van der Waals surface area contributed by atoms with Gasteiger partial charge in [-0.2, -0.15) is 0 Å². The van der Waals surface area contributed by atoms with Crippen molar-refractivity contribution >= 4 is 27.5 Å². The van der Waals surface area contributed by atoms with Crippen molar-refractivity contribution in [2.45, 2.75) is 19.4 Å². The van der Waals surface area contributed by atoms with Gasteiger partial charge in [-0.15, -0.1) is 0 Å². The maximum Gasteiger partial charge on any atom is 0.374 e. The monoisotopic (exact) mass is 405 g/mol. The number of carbonyl (C=O) groups is 3. The third-order valence-corrected chi connectivity index (χ3v) is 6.08. The molecule has 1 aliphatic rings. The Morgan fingerprint density at radius 2 is 1.86 bits per heavy atom. The van der Waals surface area contributed by atoms with Crippen LogP contribution in [-0.4, -0.2) is 50.2 Å². The summed E-state index contributed by atoms with van der Waals surface area (Å²) in [7, 11) is -3.10. The molecule has 0 saturated carbocycles. The number of esters is 1. The molecule has 148 valence electrons. The van der Waals surface area contributed by atoms with Crippen LogP contribution in [0.25, 0.3) is 11.3 Å². The smallest absolute Gasteiger partial charge is 0.374 e. The predicted molar refractivity (Wildman–Crippen MR) is 99.6 cm³/mol. The molecule has 1 aromatic heterocycles. The quantitative estimate of drug-likeness (QED) is 0.573. The predicted octanol–water partition coefficient (Wildman–Crippen LogP) is 1.61. The minimum atomic E-state index is -3.10. The Labute approximate surface area is 161 Å². The zero-order valence-electron chi connectivity index (χ0n) is 15.1. The Kier molecular flexibility index (Phi) is 5.64. The minimum absolute atomic E-state index is 0.0420. The molecular formula is C19H19NO7S. The van der Waals surface area contributed by atoms with Gasteiger partial charge in [0.2, 0.25) is 5.76 Å². The number of hydrogen-bond acceptors (Lipinski definition) is 7. The van der Waals surface area contributed by atoms with Gasteiger partial charge in [0.1, 0.15) is 5.76 Å². The van der Waals surface area contributed by atoms with Gasteiger partial charge in [0.15, 0.2) is 22.2 Å². The molecule has 1 atom stereocenters. The molecular weight excluding hydrogens is 386 g/mol. The standard InChI is InChI=1S/C19H19NO7S/c1-12(21)13-2-4-14(5-3-13)16-6-7-17(27-16)19(23)26-10-18(22)20-15-8-9-28(24,25)11-15/h2-7,15H,8-11H2,1H3,(H,20,22)/t15-/m0/s1. The molecule has 2 heterocycles. The summed E-state index contributed by atoms with van der Waals surface area (Å²) < 4.78 is 33.1. The van der Waals surface area contributed by atoms with E-state index in [1.165, 1.54) is 13.0 Å². The molecule has 9 heteroatoms.